The molecule has 1 aliphatic rings. The van der Waals surface area contributed by atoms with Crippen molar-refractivity contribution in [2.45, 2.75) is 19.0 Å². The quantitative estimate of drug-likeness (QED) is 0.806. The largest absolute Gasteiger partial charge is 0.481 e. The zero-order chi connectivity index (χ0) is 14.0. The predicted octanol–water partition coefficient (Wildman–Crippen LogP) is 0.276. The number of carboxylic acids is 1. The van der Waals surface area contributed by atoms with Crippen LogP contribution in [0.15, 0.2) is 0 Å². The van der Waals surface area contributed by atoms with Crippen LogP contribution in [0.4, 0.5) is 13.2 Å². The van der Waals surface area contributed by atoms with Gasteiger partial charge in [0.1, 0.15) is 6.54 Å². The Morgan fingerprint density at radius 2 is 1.78 bits per heavy atom. The van der Waals surface area contributed by atoms with Crippen molar-refractivity contribution in [1.82, 2.24) is 8.61 Å². The highest BCUT2D eigenvalue weighted by molar-refractivity contribution is 7.86. The molecule has 0 amide bonds. The lowest BCUT2D eigenvalue weighted by Gasteiger charge is -2.34. The molecule has 0 aromatic heterocycles. The molecule has 1 fully saturated rings. The summed E-state index contributed by atoms with van der Waals surface area (Å²) in [6.07, 6.45) is -4.79. The summed E-state index contributed by atoms with van der Waals surface area (Å²) in [5.74, 6) is -1.20. The molecular weight excluding hydrogens is 277 g/mol. The summed E-state index contributed by atoms with van der Waals surface area (Å²) in [5.41, 5.74) is 0. The van der Waals surface area contributed by atoms with Crippen molar-refractivity contribution < 1.29 is 31.5 Å². The van der Waals surface area contributed by atoms with Crippen molar-refractivity contribution in [2.24, 2.45) is 0 Å². The van der Waals surface area contributed by atoms with Crippen LogP contribution >= 0.6 is 0 Å². The van der Waals surface area contributed by atoms with Gasteiger partial charge in [0, 0.05) is 19.6 Å². The molecule has 0 atom stereocenters. The van der Waals surface area contributed by atoms with Gasteiger partial charge in [-0.2, -0.15) is 30.2 Å². The lowest BCUT2D eigenvalue weighted by molar-refractivity contribution is -0.139. The van der Waals surface area contributed by atoms with E-state index in [0.717, 1.165) is 4.31 Å². The minimum atomic E-state index is -4.61. The fourth-order valence-corrected chi connectivity index (χ4v) is 3.30. The Kier molecular flexibility index (Phi) is 4.56. The standard InChI is InChI=1S/C8H13F3N2O4S/c9-8(10,11)6-13-4-1-3-12(18(13,16)17)5-2-7(14)15/h1-6H2,(H,14,15). The number of carbonyl (C=O) groups is 1. The zero-order valence-corrected chi connectivity index (χ0v) is 10.2. The van der Waals surface area contributed by atoms with E-state index in [1.165, 1.54) is 0 Å². The number of rotatable bonds is 4. The Morgan fingerprint density at radius 3 is 2.28 bits per heavy atom. The number of carboxylic acid groups (broad SMARTS) is 1. The number of aliphatic carboxylic acids is 1. The maximum Gasteiger partial charge on any atom is 0.402 e. The fraction of sp³-hybridized carbons (Fsp3) is 0.875. The Morgan fingerprint density at radius 1 is 1.22 bits per heavy atom. The highest BCUT2D eigenvalue weighted by Crippen LogP contribution is 2.23. The molecule has 1 aliphatic heterocycles. The Labute approximate surface area is 102 Å². The maximum absolute atomic E-state index is 12.2. The molecule has 0 aromatic rings. The minimum Gasteiger partial charge on any atom is -0.481 e. The number of alkyl halides is 3. The van der Waals surface area contributed by atoms with Crippen molar-refractivity contribution in [3.05, 3.63) is 0 Å². The molecule has 0 unspecified atom stereocenters. The highest BCUT2D eigenvalue weighted by Gasteiger charge is 2.40. The fourth-order valence-electron chi connectivity index (χ4n) is 1.63. The third-order valence-electron chi connectivity index (χ3n) is 2.40. The van der Waals surface area contributed by atoms with Crippen LogP contribution in [0.3, 0.4) is 0 Å². The van der Waals surface area contributed by atoms with Gasteiger partial charge in [-0.25, -0.2) is 0 Å². The summed E-state index contributed by atoms with van der Waals surface area (Å²) in [6, 6.07) is 0. The van der Waals surface area contributed by atoms with E-state index in [4.69, 9.17) is 5.11 Å². The van der Waals surface area contributed by atoms with Crippen LogP contribution in [0.5, 0.6) is 0 Å². The summed E-state index contributed by atoms with van der Waals surface area (Å²) in [4.78, 5) is 10.3. The average molecular weight is 290 g/mol. The predicted molar refractivity (Wildman–Crippen MR) is 55.0 cm³/mol. The van der Waals surface area contributed by atoms with E-state index >= 15 is 0 Å². The molecule has 10 heteroatoms. The van der Waals surface area contributed by atoms with Gasteiger partial charge < -0.3 is 5.11 Å². The van der Waals surface area contributed by atoms with Crippen LogP contribution in [0.2, 0.25) is 0 Å². The van der Waals surface area contributed by atoms with Crippen LogP contribution in [0.25, 0.3) is 0 Å². The first-order chi connectivity index (χ1) is 8.13. The molecule has 0 spiro atoms. The van der Waals surface area contributed by atoms with E-state index in [2.05, 4.69) is 0 Å². The van der Waals surface area contributed by atoms with Crippen LogP contribution in [0.1, 0.15) is 12.8 Å². The smallest absolute Gasteiger partial charge is 0.402 e. The maximum atomic E-state index is 12.2. The van der Waals surface area contributed by atoms with Gasteiger partial charge in [-0.05, 0) is 6.42 Å². The van der Waals surface area contributed by atoms with E-state index in [9.17, 15) is 26.4 Å². The van der Waals surface area contributed by atoms with E-state index in [1.54, 1.807) is 0 Å². The first-order valence-corrected chi connectivity index (χ1v) is 6.56. The van der Waals surface area contributed by atoms with Crippen LogP contribution in [0, 0.1) is 0 Å². The van der Waals surface area contributed by atoms with Crippen LogP contribution in [-0.4, -0.2) is 60.5 Å². The van der Waals surface area contributed by atoms with E-state index < -0.39 is 35.3 Å². The minimum absolute atomic E-state index is 0.0456. The lowest BCUT2D eigenvalue weighted by atomic mass is 10.3. The molecular formula is C8H13F3N2O4S. The number of hydrogen-bond acceptors (Lipinski definition) is 3. The summed E-state index contributed by atoms with van der Waals surface area (Å²) in [7, 11) is -4.21. The SMILES string of the molecule is O=C(O)CCN1CCCN(CC(F)(F)F)S1(=O)=O. The molecule has 0 radical (unpaired) electrons. The van der Waals surface area contributed by atoms with Gasteiger partial charge in [0.05, 0.1) is 6.42 Å². The molecule has 0 aliphatic carbocycles. The van der Waals surface area contributed by atoms with Gasteiger partial charge >= 0.3 is 12.1 Å². The monoisotopic (exact) mass is 290 g/mol. The van der Waals surface area contributed by atoms with Gasteiger partial charge in [0.25, 0.3) is 10.2 Å². The van der Waals surface area contributed by atoms with E-state index in [0.29, 0.717) is 4.31 Å². The van der Waals surface area contributed by atoms with Crippen molar-refractivity contribution in [3.8, 4) is 0 Å². The molecule has 0 saturated carbocycles. The van der Waals surface area contributed by atoms with Crippen molar-refractivity contribution in [3.63, 3.8) is 0 Å². The van der Waals surface area contributed by atoms with Gasteiger partial charge in [0.15, 0.2) is 0 Å². The summed E-state index contributed by atoms with van der Waals surface area (Å²) >= 11 is 0. The molecule has 1 saturated heterocycles. The van der Waals surface area contributed by atoms with Gasteiger partial charge in [-0.15, -0.1) is 0 Å². The zero-order valence-electron chi connectivity index (χ0n) is 9.35. The lowest BCUT2D eigenvalue weighted by Crippen LogP contribution is -2.52. The molecule has 6 nitrogen and oxygen atoms in total. The normalized spacial score (nSPS) is 21.9. The van der Waals surface area contributed by atoms with Gasteiger partial charge in [-0.3, -0.25) is 4.79 Å². The van der Waals surface area contributed by atoms with E-state index in [-0.39, 0.29) is 26.1 Å². The molecule has 0 bridgehead atoms. The summed E-state index contributed by atoms with van der Waals surface area (Å²) in [6.45, 7) is -2.01. The molecule has 0 aromatic carbocycles. The van der Waals surface area contributed by atoms with Crippen molar-refractivity contribution in [2.75, 3.05) is 26.2 Å². The summed E-state index contributed by atoms with van der Waals surface area (Å²) in [5, 5.41) is 8.45. The summed E-state index contributed by atoms with van der Waals surface area (Å²) < 4.78 is 61.2. The number of nitrogens with zero attached hydrogens (tertiary/aromatic N) is 2. The Hall–Kier alpha value is -0.870. The first-order valence-electron chi connectivity index (χ1n) is 5.17. The number of hydrogen-bond donors (Lipinski definition) is 1. The molecule has 106 valence electrons. The van der Waals surface area contributed by atoms with Gasteiger partial charge in [0.2, 0.25) is 0 Å². The average Bonchev–Trinajstić information content (AvgIpc) is 2.17. The Balaban J connectivity index is 2.75. The third-order valence-corrected chi connectivity index (χ3v) is 4.38. The molecule has 18 heavy (non-hydrogen) atoms. The van der Waals surface area contributed by atoms with Crippen molar-refractivity contribution >= 4 is 16.2 Å². The molecule has 1 heterocycles. The van der Waals surface area contributed by atoms with Gasteiger partial charge in [-0.1, -0.05) is 0 Å². The second kappa shape index (κ2) is 5.41. The first kappa shape index (κ1) is 15.2. The second-order valence-electron chi connectivity index (χ2n) is 3.85. The highest BCUT2D eigenvalue weighted by atomic mass is 32.2. The third kappa shape index (κ3) is 4.10. The second-order valence-corrected chi connectivity index (χ2v) is 5.78. The topological polar surface area (TPSA) is 77.9 Å². The number of halogens is 3. The Bertz CT molecular complexity index is 409. The van der Waals surface area contributed by atoms with Crippen LogP contribution in [-0.2, 0) is 15.0 Å². The van der Waals surface area contributed by atoms with Crippen molar-refractivity contribution in [1.29, 1.82) is 0 Å². The molecule has 1 N–H and O–H groups in total. The molecule has 1 rings (SSSR count). The van der Waals surface area contributed by atoms with Crippen LogP contribution < -0.4 is 0 Å². The van der Waals surface area contributed by atoms with E-state index in [1.807, 2.05) is 0 Å².